The minimum atomic E-state index is -5.75. The highest BCUT2D eigenvalue weighted by Gasteiger charge is 2.49. The number of halogens is 3. The monoisotopic (exact) mass is 272 g/mol. The van der Waals surface area contributed by atoms with Crippen molar-refractivity contribution in [2.75, 3.05) is 0 Å². The second kappa shape index (κ2) is 5.07. The van der Waals surface area contributed by atoms with Crippen LogP contribution in [0.5, 0.6) is 0 Å². The Balaban J connectivity index is 2.89. The molecule has 0 radical (unpaired) electrons. The normalized spacial score (nSPS) is 22.3. The van der Waals surface area contributed by atoms with Crippen LogP contribution in [0.25, 0.3) is 0 Å². The molecule has 1 aliphatic rings. The quantitative estimate of drug-likeness (QED) is 0.571. The summed E-state index contributed by atoms with van der Waals surface area (Å²) < 4.78 is 61.4. The maximum atomic E-state index is 12.0. The van der Waals surface area contributed by atoms with Crippen molar-refractivity contribution in [3.05, 3.63) is 11.8 Å². The van der Waals surface area contributed by atoms with Gasteiger partial charge in [0.2, 0.25) is 0 Å². The van der Waals surface area contributed by atoms with Gasteiger partial charge in [0.25, 0.3) is 0 Å². The van der Waals surface area contributed by atoms with Crippen molar-refractivity contribution in [2.45, 2.75) is 37.6 Å². The van der Waals surface area contributed by atoms with Crippen LogP contribution in [-0.2, 0) is 19.1 Å². The molecule has 17 heavy (non-hydrogen) atoms. The highest BCUT2D eigenvalue weighted by Crippen LogP contribution is 2.28. The van der Waals surface area contributed by atoms with Crippen LogP contribution in [0, 0.1) is 0 Å². The molecule has 0 unspecified atom stereocenters. The first kappa shape index (κ1) is 14.0. The molecule has 4 nitrogen and oxygen atoms in total. The average Bonchev–Trinajstić information content (AvgIpc) is 2.16. The van der Waals surface area contributed by atoms with E-state index in [9.17, 15) is 26.4 Å². The summed E-state index contributed by atoms with van der Waals surface area (Å²) in [7, 11) is -5.75. The zero-order valence-electron chi connectivity index (χ0n) is 8.79. The lowest BCUT2D eigenvalue weighted by Crippen LogP contribution is -2.27. The second-order valence-electron chi connectivity index (χ2n) is 3.57. The Morgan fingerprint density at radius 1 is 1.18 bits per heavy atom. The van der Waals surface area contributed by atoms with Crippen LogP contribution in [0.2, 0.25) is 0 Å². The smallest absolute Gasteiger partial charge is 0.373 e. The van der Waals surface area contributed by atoms with Crippen LogP contribution in [0.1, 0.15) is 32.1 Å². The molecular weight excluding hydrogens is 261 g/mol. The lowest BCUT2D eigenvalue weighted by atomic mass is 10.0. The molecule has 0 spiro atoms. The van der Waals surface area contributed by atoms with Gasteiger partial charge in [-0.15, -0.1) is 0 Å². The summed E-state index contributed by atoms with van der Waals surface area (Å²) in [6, 6.07) is 0. The number of hydrogen-bond acceptors (Lipinski definition) is 4. The summed E-state index contributed by atoms with van der Waals surface area (Å²) in [5.74, 6) is -1.43. The molecule has 0 aromatic carbocycles. The number of hydrogen-bond donors (Lipinski definition) is 0. The third-order valence-electron chi connectivity index (χ3n) is 2.20. The van der Waals surface area contributed by atoms with Gasteiger partial charge >= 0.3 is 15.6 Å². The number of carbonyl (C=O) groups is 1. The Morgan fingerprint density at radius 2 is 1.82 bits per heavy atom. The topological polar surface area (TPSA) is 60.4 Å². The predicted molar refractivity (Wildman–Crippen MR) is 52.2 cm³/mol. The molecule has 0 saturated carbocycles. The minimum absolute atomic E-state index is 0.000783. The lowest BCUT2D eigenvalue weighted by Gasteiger charge is -2.13. The van der Waals surface area contributed by atoms with Gasteiger partial charge in [0.05, 0.1) is 0 Å². The van der Waals surface area contributed by atoms with Gasteiger partial charge in [0.15, 0.2) is 11.5 Å². The van der Waals surface area contributed by atoms with Gasteiger partial charge in [0.1, 0.15) is 0 Å². The van der Waals surface area contributed by atoms with E-state index in [2.05, 4.69) is 4.18 Å². The molecule has 0 saturated heterocycles. The fourth-order valence-corrected chi connectivity index (χ4v) is 1.81. The third kappa shape index (κ3) is 3.72. The lowest BCUT2D eigenvalue weighted by molar-refractivity contribution is -0.118. The number of carbonyl (C=O) groups excluding carboxylic acids is 1. The van der Waals surface area contributed by atoms with Crippen LogP contribution in [-0.4, -0.2) is 19.7 Å². The second-order valence-corrected chi connectivity index (χ2v) is 5.11. The average molecular weight is 272 g/mol. The van der Waals surface area contributed by atoms with Gasteiger partial charge < -0.3 is 4.18 Å². The van der Waals surface area contributed by atoms with Crippen LogP contribution < -0.4 is 0 Å². The highest BCUT2D eigenvalue weighted by atomic mass is 32.2. The summed E-state index contributed by atoms with van der Waals surface area (Å²) in [5, 5.41) is 0. The minimum Gasteiger partial charge on any atom is -0.373 e. The Hall–Kier alpha value is -1.05. The van der Waals surface area contributed by atoms with E-state index in [1.165, 1.54) is 0 Å². The van der Waals surface area contributed by atoms with E-state index < -0.39 is 27.2 Å². The number of ketones is 1. The highest BCUT2D eigenvalue weighted by molar-refractivity contribution is 7.87. The standard InChI is InChI=1S/C9H11F3O4S/c10-9(11,12)17(14,15)16-8-6-4-2-1-3-5-7(8)13/h6H,1-5H2/b8-6+. The molecule has 0 fully saturated rings. The first-order valence-corrected chi connectivity index (χ1v) is 6.39. The van der Waals surface area contributed by atoms with E-state index in [4.69, 9.17) is 0 Å². The zero-order valence-corrected chi connectivity index (χ0v) is 9.60. The Morgan fingerprint density at radius 3 is 2.41 bits per heavy atom. The Labute approximate surface area is 96.6 Å². The van der Waals surface area contributed by atoms with Gasteiger partial charge in [-0.25, -0.2) is 0 Å². The van der Waals surface area contributed by atoms with Crippen molar-refractivity contribution in [1.82, 2.24) is 0 Å². The summed E-state index contributed by atoms with van der Waals surface area (Å²) in [5.41, 5.74) is -5.52. The molecule has 0 heterocycles. The molecule has 0 atom stereocenters. The molecule has 1 rings (SSSR count). The summed E-state index contributed by atoms with van der Waals surface area (Å²) in [6.07, 6.45) is 3.41. The first-order chi connectivity index (χ1) is 7.74. The molecule has 0 aromatic rings. The molecule has 0 aromatic heterocycles. The van der Waals surface area contributed by atoms with E-state index in [0.29, 0.717) is 19.3 Å². The van der Waals surface area contributed by atoms with Gasteiger partial charge in [-0.3, -0.25) is 4.79 Å². The van der Waals surface area contributed by atoms with E-state index in [1.54, 1.807) is 0 Å². The third-order valence-corrected chi connectivity index (χ3v) is 3.16. The molecule has 0 aliphatic heterocycles. The fraction of sp³-hybridized carbons (Fsp3) is 0.667. The summed E-state index contributed by atoms with van der Waals surface area (Å²) >= 11 is 0. The van der Waals surface area contributed by atoms with Crippen LogP contribution in [0.4, 0.5) is 13.2 Å². The summed E-state index contributed by atoms with van der Waals surface area (Å²) in [4.78, 5) is 11.3. The van der Waals surface area contributed by atoms with E-state index >= 15 is 0 Å². The summed E-state index contributed by atoms with van der Waals surface area (Å²) in [6.45, 7) is 0. The maximum absolute atomic E-state index is 12.0. The molecule has 0 amide bonds. The van der Waals surface area contributed by atoms with Crippen LogP contribution >= 0.6 is 0 Å². The van der Waals surface area contributed by atoms with E-state index in [1.807, 2.05) is 0 Å². The van der Waals surface area contributed by atoms with Crippen molar-refractivity contribution in [1.29, 1.82) is 0 Å². The first-order valence-electron chi connectivity index (χ1n) is 4.98. The van der Waals surface area contributed by atoms with Crippen molar-refractivity contribution < 1.29 is 30.6 Å². The van der Waals surface area contributed by atoms with Crippen molar-refractivity contribution in [3.63, 3.8) is 0 Å². The molecule has 1 aliphatic carbocycles. The Bertz CT molecular complexity index is 422. The SMILES string of the molecule is O=C1CCCCC/C=C\1OS(=O)(=O)C(F)(F)F. The van der Waals surface area contributed by atoms with Crippen molar-refractivity contribution >= 4 is 15.9 Å². The van der Waals surface area contributed by atoms with Crippen LogP contribution in [0.15, 0.2) is 11.8 Å². The molecule has 8 heteroatoms. The molecule has 98 valence electrons. The number of rotatable bonds is 2. The molecule has 0 N–H and O–H groups in total. The zero-order chi connectivity index (χ0) is 13.1. The van der Waals surface area contributed by atoms with Crippen molar-refractivity contribution in [3.8, 4) is 0 Å². The molecule has 0 bridgehead atoms. The number of Topliss-reactive ketones (excluding diaryl/α,β-unsaturated/α-hetero) is 1. The largest absolute Gasteiger partial charge is 0.534 e. The van der Waals surface area contributed by atoms with Crippen molar-refractivity contribution in [2.24, 2.45) is 0 Å². The number of alkyl halides is 3. The predicted octanol–water partition coefficient (Wildman–Crippen LogP) is 2.27. The van der Waals surface area contributed by atoms with Gasteiger partial charge in [-0.1, -0.05) is 6.42 Å². The maximum Gasteiger partial charge on any atom is 0.534 e. The van der Waals surface area contributed by atoms with Gasteiger partial charge in [0, 0.05) is 6.42 Å². The van der Waals surface area contributed by atoms with Gasteiger partial charge in [-0.05, 0) is 25.3 Å². The van der Waals surface area contributed by atoms with E-state index in [-0.39, 0.29) is 6.42 Å². The Kier molecular flexibility index (Phi) is 4.18. The fourth-order valence-electron chi connectivity index (χ4n) is 1.32. The van der Waals surface area contributed by atoms with Crippen LogP contribution in [0.3, 0.4) is 0 Å². The molecular formula is C9H11F3O4S. The van der Waals surface area contributed by atoms with Gasteiger partial charge in [-0.2, -0.15) is 21.6 Å². The number of allylic oxidation sites excluding steroid dienone is 2. The van der Waals surface area contributed by atoms with E-state index in [0.717, 1.165) is 12.5 Å².